The molecule has 1 nitrogen and oxygen atoms in total. The van der Waals surface area contributed by atoms with Crippen LogP contribution in [0.3, 0.4) is 0 Å². The second-order valence-corrected chi connectivity index (χ2v) is 5.26. The van der Waals surface area contributed by atoms with Gasteiger partial charge in [0, 0.05) is 0 Å². The summed E-state index contributed by atoms with van der Waals surface area (Å²) in [5.74, 6) is 0.679. The molecule has 0 bridgehead atoms. The van der Waals surface area contributed by atoms with Crippen LogP contribution in [0.2, 0.25) is 10.0 Å². The van der Waals surface area contributed by atoms with Crippen molar-refractivity contribution in [2.24, 2.45) is 5.92 Å². The van der Waals surface area contributed by atoms with E-state index in [2.05, 4.69) is 18.3 Å². The third kappa shape index (κ3) is 1.89. The first-order chi connectivity index (χ1) is 7.09. The monoisotopic (exact) mass is 243 g/mol. The van der Waals surface area contributed by atoms with Crippen molar-refractivity contribution in [2.75, 3.05) is 13.6 Å². The van der Waals surface area contributed by atoms with E-state index in [1.54, 1.807) is 0 Å². The van der Waals surface area contributed by atoms with E-state index in [4.69, 9.17) is 23.2 Å². The Hall–Kier alpha value is -0.240. The van der Waals surface area contributed by atoms with Gasteiger partial charge in [-0.2, -0.15) is 0 Å². The zero-order valence-corrected chi connectivity index (χ0v) is 10.5. The molecule has 1 fully saturated rings. The van der Waals surface area contributed by atoms with Crippen LogP contribution in [0.25, 0.3) is 0 Å². The van der Waals surface area contributed by atoms with Gasteiger partial charge in [-0.3, -0.25) is 0 Å². The van der Waals surface area contributed by atoms with Crippen LogP contribution in [-0.4, -0.2) is 13.6 Å². The number of hydrogen-bond acceptors (Lipinski definition) is 1. The standard InChI is InChI=1S/C12H15Cl2N/c1-12(6-8(12)7-15-2)9-4-3-5-10(13)11(9)14/h3-5,8,15H,6-7H2,1-2H3. The Morgan fingerprint density at radius 2 is 2.20 bits per heavy atom. The molecule has 1 saturated carbocycles. The Morgan fingerprint density at radius 1 is 1.47 bits per heavy atom. The molecule has 2 atom stereocenters. The largest absolute Gasteiger partial charge is 0.319 e. The Bertz CT molecular complexity index is 378. The number of halogens is 2. The van der Waals surface area contributed by atoms with Gasteiger partial charge in [0.05, 0.1) is 10.0 Å². The lowest BCUT2D eigenvalue weighted by Crippen LogP contribution is -2.16. The van der Waals surface area contributed by atoms with Crippen molar-refractivity contribution in [3.05, 3.63) is 33.8 Å². The van der Waals surface area contributed by atoms with Gasteiger partial charge in [0.15, 0.2) is 0 Å². The average Bonchev–Trinajstić information content (AvgIpc) is 2.83. The lowest BCUT2D eigenvalue weighted by atomic mass is 9.95. The highest BCUT2D eigenvalue weighted by Gasteiger charge is 2.51. The van der Waals surface area contributed by atoms with Crippen LogP contribution in [0.1, 0.15) is 18.9 Å². The maximum Gasteiger partial charge on any atom is 0.0629 e. The fourth-order valence-electron chi connectivity index (χ4n) is 2.27. The smallest absolute Gasteiger partial charge is 0.0629 e. The minimum atomic E-state index is 0.213. The second-order valence-electron chi connectivity index (χ2n) is 4.48. The van der Waals surface area contributed by atoms with Gasteiger partial charge < -0.3 is 5.32 Å². The normalized spacial score (nSPS) is 29.2. The number of benzene rings is 1. The van der Waals surface area contributed by atoms with Crippen LogP contribution < -0.4 is 5.32 Å². The van der Waals surface area contributed by atoms with Crippen molar-refractivity contribution in [3.63, 3.8) is 0 Å². The number of rotatable bonds is 3. The number of nitrogens with one attached hydrogen (secondary N) is 1. The third-order valence-electron chi connectivity index (χ3n) is 3.43. The minimum Gasteiger partial charge on any atom is -0.319 e. The molecule has 2 unspecified atom stereocenters. The molecule has 0 heterocycles. The first kappa shape index (κ1) is 11.3. The SMILES string of the molecule is CNCC1CC1(C)c1cccc(Cl)c1Cl. The maximum absolute atomic E-state index is 6.23. The van der Waals surface area contributed by atoms with Crippen LogP contribution >= 0.6 is 23.2 Å². The summed E-state index contributed by atoms with van der Waals surface area (Å²) in [7, 11) is 1.98. The van der Waals surface area contributed by atoms with Crippen molar-refractivity contribution in [1.82, 2.24) is 5.32 Å². The van der Waals surface area contributed by atoms with Crippen molar-refractivity contribution in [1.29, 1.82) is 0 Å². The van der Waals surface area contributed by atoms with Gasteiger partial charge >= 0.3 is 0 Å². The Morgan fingerprint density at radius 3 is 2.87 bits per heavy atom. The summed E-state index contributed by atoms with van der Waals surface area (Å²) < 4.78 is 0. The molecule has 1 aromatic rings. The van der Waals surface area contributed by atoms with Gasteiger partial charge in [-0.1, -0.05) is 42.3 Å². The molecule has 1 N–H and O–H groups in total. The summed E-state index contributed by atoms with van der Waals surface area (Å²) in [5.41, 5.74) is 1.40. The Labute approximate surface area is 101 Å². The van der Waals surface area contributed by atoms with E-state index in [9.17, 15) is 0 Å². The molecule has 0 spiro atoms. The number of hydrogen-bond donors (Lipinski definition) is 1. The van der Waals surface area contributed by atoms with E-state index in [-0.39, 0.29) is 5.41 Å². The molecule has 0 radical (unpaired) electrons. The fourth-order valence-corrected chi connectivity index (χ4v) is 2.79. The first-order valence-corrected chi connectivity index (χ1v) is 5.94. The van der Waals surface area contributed by atoms with Gasteiger partial charge in [-0.25, -0.2) is 0 Å². The summed E-state index contributed by atoms with van der Waals surface area (Å²) in [6, 6.07) is 5.90. The van der Waals surface area contributed by atoms with Gasteiger partial charge in [-0.15, -0.1) is 0 Å². The van der Waals surface area contributed by atoms with Gasteiger partial charge in [-0.05, 0) is 43.0 Å². The Balaban J connectivity index is 2.28. The maximum atomic E-state index is 6.23. The topological polar surface area (TPSA) is 12.0 Å². The van der Waals surface area contributed by atoms with Gasteiger partial charge in [0.1, 0.15) is 0 Å². The zero-order valence-electron chi connectivity index (χ0n) is 8.98. The van der Waals surface area contributed by atoms with Gasteiger partial charge in [0.25, 0.3) is 0 Å². The molecule has 0 saturated heterocycles. The van der Waals surface area contributed by atoms with Crippen LogP contribution in [-0.2, 0) is 5.41 Å². The second kappa shape index (κ2) is 3.97. The molecule has 82 valence electrons. The molecule has 1 aromatic carbocycles. The van der Waals surface area contributed by atoms with Crippen molar-refractivity contribution < 1.29 is 0 Å². The highest BCUT2D eigenvalue weighted by Crippen LogP contribution is 2.55. The van der Waals surface area contributed by atoms with E-state index in [0.29, 0.717) is 10.9 Å². The van der Waals surface area contributed by atoms with Crippen molar-refractivity contribution >= 4 is 23.2 Å². The van der Waals surface area contributed by atoms with Gasteiger partial charge in [0.2, 0.25) is 0 Å². The molecular formula is C12H15Cl2N. The molecule has 15 heavy (non-hydrogen) atoms. The molecular weight excluding hydrogens is 229 g/mol. The summed E-state index contributed by atoms with van der Waals surface area (Å²) in [5, 5.41) is 4.59. The summed E-state index contributed by atoms with van der Waals surface area (Å²) in [4.78, 5) is 0. The molecule has 3 heteroatoms. The molecule has 0 aliphatic heterocycles. The lowest BCUT2D eigenvalue weighted by molar-refractivity contribution is 0.617. The molecule has 1 aliphatic carbocycles. The molecule has 1 aliphatic rings. The quantitative estimate of drug-likeness (QED) is 0.858. The van der Waals surface area contributed by atoms with Crippen molar-refractivity contribution in [3.8, 4) is 0 Å². The predicted molar refractivity (Wildman–Crippen MR) is 65.8 cm³/mol. The van der Waals surface area contributed by atoms with E-state index >= 15 is 0 Å². The molecule has 2 rings (SSSR count). The van der Waals surface area contributed by atoms with Crippen molar-refractivity contribution in [2.45, 2.75) is 18.8 Å². The minimum absolute atomic E-state index is 0.213. The van der Waals surface area contributed by atoms with E-state index in [1.165, 1.54) is 12.0 Å². The van der Waals surface area contributed by atoms with Crippen LogP contribution in [0, 0.1) is 5.92 Å². The van der Waals surface area contributed by atoms with E-state index < -0.39 is 0 Å². The molecule has 0 amide bonds. The Kier molecular flexibility index (Phi) is 2.98. The summed E-state index contributed by atoms with van der Waals surface area (Å²) in [6.45, 7) is 3.30. The zero-order chi connectivity index (χ0) is 11.1. The summed E-state index contributed by atoms with van der Waals surface area (Å²) in [6.07, 6.45) is 1.19. The average molecular weight is 244 g/mol. The fraction of sp³-hybridized carbons (Fsp3) is 0.500. The van der Waals surface area contributed by atoms with E-state index in [0.717, 1.165) is 11.6 Å². The third-order valence-corrected chi connectivity index (χ3v) is 4.25. The van der Waals surface area contributed by atoms with Crippen LogP contribution in [0.4, 0.5) is 0 Å². The van der Waals surface area contributed by atoms with E-state index in [1.807, 2.05) is 19.2 Å². The first-order valence-electron chi connectivity index (χ1n) is 5.18. The highest BCUT2D eigenvalue weighted by atomic mass is 35.5. The highest BCUT2D eigenvalue weighted by molar-refractivity contribution is 6.42. The lowest BCUT2D eigenvalue weighted by Gasteiger charge is -2.14. The van der Waals surface area contributed by atoms with Crippen LogP contribution in [0.15, 0.2) is 18.2 Å². The summed E-state index contributed by atoms with van der Waals surface area (Å²) >= 11 is 12.3. The molecule has 0 aromatic heterocycles. The predicted octanol–water partition coefficient (Wildman–Crippen LogP) is 3.49. The van der Waals surface area contributed by atoms with Crippen LogP contribution in [0.5, 0.6) is 0 Å².